The summed E-state index contributed by atoms with van der Waals surface area (Å²) in [6, 6.07) is 0.780. The summed E-state index contributed by atoms with van der Waals surface area (Å²) in [5, 5.41) is 4.62. The van der Waals surface area contributed by atoms with Crippen LogP contribution in [-0.2, 0) is 0 Å². The second-order valence-corrected chi connectivity index (χ2v) is 3.66. The first-order valence-corrected chi connectivity index (χ1v) is 4.63. The van der Waals surface area contributed by atoms with Gasteiger partial charge in [-0.25, -0.2) is 5.32 Å². The van der Waals surface area contributed by atoms with E-state index in [4.69, 9.17) is 0 Å². The average Bonchev–Trinajstić information content (AvgIpc) is 2.59. The fraction of sp³-hybridized carbons (Fsp3) is 1.00. The van der Waals surface area contributed by atoms with E-state index in [0.29, 0.717) is 0 Å². The van der Waals surface area contributed by atoms with Crippen molar-refractivity contribution in [3.05, 3.63) is 0 Å². The average molecular weight is 138 g/mol. The lowest BCUT2D eigenvalue weighted by Gasteiger charge is -2.15. The molecule has 1 aliphatic heterocycles. The molecule has 0 amide bonds. The van der Waals surface area contributed by atoms with Crippen LogP contribution in [-0.4, -0.2) is 12.6 Å². The zero-order valence-electron chi connectivity index (χ0n) is 6.55. The molecular weight excluding hydrogens is 122 g/mol. The fourth-order valence-electron chi connectivity index (χ4n) is 2.38. The SMILES string of the molecule is C1CCC(C2CCC[N]2)C1. The largest absolute Gasteiger partial charge is 0.238 e. The smallest absolute Gasteiger partial charge is 0.0274 e. The van der Waals surface area contributed by atoms with Crippen molar-refractivity contribution < 1.29 is 0 Å². The molecule has 1 heterocycles. The van der Waals surface area contributed by atoms with Crippen molar-refractivity contribution in [2.45, 2.75) is 44.6 Å². The molecular formula is C9H16N. The molecule has 1 unspecified atom stereocenters. The van der Waals surface area contributed by atoms with Gasteiger partial charge in [0.25, 0.3) is 0 Å². The van der Waals surface area contributed by atoms with Crippen LogP contribution >= 0.6 is 0 Å². The monoisotopic (exact) mass is 138 g/mol. The van der Waals surface area contributed by atoms with Crippen LogP contribution in [0.3, 0.4) is 0 Å². The summed E-state index contributed by atoms with van der Waals surface area (Å²) < 4.78 is 0. The predicted octanol–water partition coefficient (Wildman–Crippen LogP) is 1.94. The summed E-state index contributed by atoms with van der Waals surface area (Å²) in [5.74, 6) is 0.988. The Balaban J connectivity index is 1.85. The summed E-state index contributed by atoms with van der Waals surface area (Å²) >= 11 is 0. The van der Waals surface area contributed by atoms with Crippen LogP contribution in [0.1, 0.15) is 38.5 Å². The highest BCUT2D eigenvalue weighted by molar-refractivity contribution is 4.83. The van der Waals surface area contributed by atoms with Gasteiger partial charge in [0.05, 0.1) is 0 Å². The molecule has 1 heteroatoms. The Labute approximate surface area is 63.2 Å². The zero-order valence-corrected chi connectivity index (χ0v) is 6.55. The maximum Gasteiger partial charge on any atom is 0.0274 e. The maximum absolute atomic E-state index is 4.62. The Bertz CT molecular complexity index is 85.3. The van der Waals surface area contributed by atoms with Crippen molar-refractivity contribution in [3.63, 3.8) is 0 Å². The topological polar surface area (TPSA) is 14.1 Å². The molecule has 0 bridgehead atoms. The molecule has 1 saturated carbocycles. The van der Waals surface area contributed by atoms with Gasteiger partial charge < -0.3 is 0 Å². The number of nitrogens with zero attached hydrogens (tertiary/aromatic N) is 1. The van der Waals surface area contributed by atoms with E-state index >= 15 is 0 Å². The second kappa shape index (κ2) is 2.91. The molecule has 10 heavy (non-hydrogen) atoms. The standard InChI is InChI=1S/C9H16N/c1-2-5-8(4-1)9-6-3-7-10-9/h8-9H,1-7H2. The Morgan fingerprint density at radius 2 is 1.70 bits per heavy atom. The van der Waals surface area contributed by atoms with Crippen molar-refractivity contribution in [3.8, 4) is 0 Å². The summed E-state index contributed by atoms with van der Waals surface area (Å²) in [7, 11) is 0. The molecule has 2 fully saturated rings. The van der Waals surface area contributed by atoms with Gasteiger partial charge in [0, 0.05) is 12.6 Å². The zero-order chi connectivity index (χ0) is 6.81. The highest BCUT2D eigenvalue weighted by Crippen LogP contribution is 2.31. The van der Waals surface area contributed by atoms with Crippen LogP contribution in [0.2, 0.25) is 0 Å². The normalized spacial score (nSPS) is 35.4. The van der Waals surface area contributed by atoms with E-state index in [9.17, 15) is 0 Å². The number of rotatable bonds is 1. The van der Waals surface area contributed by atoms with Gasteiger partial charge in [-0.2, -0.15) is 0 Å². The first-order valence-electron chi connectivity index (χ1n) is 4.63. The van der Waals surface area contributed by atoms with Gasteiger partial charge in [-0.1, -0.05) is 12.8 Å². The van der Waals surface area contributed by atoms with Crippen LogP contribution in [0.4, 0.5) is 0 Å². The van der Waals surface area contributed by atoms with Crippen LogP contribution in [0.15, 0.2) is 0 Å². The van der Waals surface area contributed by atoms with E-state index in [0.717, 1.165) is 18.5 Å². The summed E-state index contributed by atoms with van der Waals surface area (Å²) in [6.45, 7) is 1.15. The third-order valence-corrected chi connectivity index (χ3v) is 2.97. The Morgan fingerprint density at radius 1 is 0.900 bits per heavy atom. The van der Waals surface area contributed by atoms with Gasteiger partial charge in [0.15, 0.2) is 0 Å². The van der Waals surface area contributed by atoms with E-state index in [-0.39, 0.29) is 0 Å². The van der Waals surface area contributed by atoms with Crippen LogP contribution in [0, 0.1) is 5.92 Å². The minimum atomic E-state index is 0.780. The summed E-state index contributed by atoms with van der Waals surface area (Å²) in [4.78, 5) is 0. The third-order valence-electron chi connectivity index (χ3n) is 2.97. The van der Waals surface area contributed by atoms with Gasteiger partial charge in [-0.05, 0) is 31.6 Å². The molecule has 57 valence electrons. The summed E-state index contributed by atoms with van der Waals surface area (Å²) in [5.41, 5.74) is 0. The highest BCUT2D eigenvalue weighted by atomic mass is 14.9. The third kappa shape index (κ3) is 1.20. The Morgan fingerprint density at radius 3 is 2.30 bits per heavy atom. The van der Waals surface area contributed by atoms with Gasteiger partial charge in [-0.15, -0.1) is 0 Å². The molecule has 1 nitrogen and oxygen atoms in total. The van der Waals surface area contributed by atoms with Gasteiger partial charge in [-0.3, -0.25) is 0 Å². The first kappa shape index (κ1) is 6.66. The molecule has 1 atom stereocenters. The van der Waals surface area contributed by atoms with Gasteiger partial charge in [0.1, 0.15) is 0 Å². The minimum absolute atomic E-state index is 0.780. The van der Waals surface area contributed by atoms with E-state index in [2.05, 4.69) is 5.32 Å². The van der Waals surface area contributed by atoms with Crippen molar-refractivity contribution in [2.75, 3.05) is 6.54 Å². The maximum atomic E-state index is 4.62. The molecule has 1 radical (unpaired) electrons. The van der Waals surface area contributed by atoms with Gasteiger partial charge >= 0.3 is 0 Å². The molecule has 1 aliphatic carbocycles. The quantitative estimate of drug-likeness (QED) is 0.526. The molecule has 2 rings (SSSR count). The van der Waals surface area contributed by atoms with E-state index in [1.54, 1.807) is 0 Å². The molecule has 1 saturated heterocycles. The molecule has 2 aliphatic rings. The fourth-order valence-corrected chi connectivity index (χ4v) is 2.38. The van der Waals surface area contributed by atoms with Crippen LogP contribution in [0.5, 0.6) is 0 Å². The van der Waals surface area contributed by atoms with E-state index < -0.39 is 0 Å². The number of hydrogen-bond acceptors (Lipinski definition) is 0. The van der Waals surface area contributed by atoms with Crippen LogP contribution in [0.25, 0.3) is 0 Å². The first-order chi connectivity index (χ1) is 4.97. The van der Waals surface area contributed by atoms with E-state index in [1.807, 2.05) is 0 Å². The van der Waals surface area contributed by atoms with Crippen LogP contribution < -0.4 is 5.32 Å². The van der Waals surface area contributed by atoms with Crippen molar-refractivity contribution in [1.29, 1.82) is 0 Å². The van der Waals surface area contributed by atoms with Crippen molar-refractivity contribution in [2.24, 2.45) is 5.92 Å². The van der Waals surface area contributed by atoms with Crippen molar-refractivity contribution in [1.82, 2.24) is 5.32 Å². The molecule has 0 aromatic carbocycles. The Kier molecular flexibility index (Phi) is 1.94. The highest BCUT2D eigenvalue weighted by Gasteiger charge is 2.27. The van der Waals surface area contributed by atoms with Crippen molar-refractivity contribution >= 4 is 0 Å². The lowest BCUT2D eigenvalue weighted by atomic mass is 9.97. The molecule has 0 aromatic heterocycles. The lowest BCUT2D eigenvalue weighted by molar-refractivity contribution is 0.394. The van der Waals surface area contributed by atoms with E-state index in [1.165, 1.54) is 38.5 Å². The number of hydrogen-bond donors (Lipinski definition) is 0. The molecule has 0 N–H and O–H groups in total. The minimum Gasteiger partial charge on any atom is -0.238 e. The molecule has 0 aromatic rings. The molecule has 0 spiro atoms. The lowest BCUT2D eigenvalue weighted by Crippen LogP contribution is -2.22. The predicted molar refractivity (Wildman–Crippen MR) is 42.0 cm³/mol. The summed E-state index contributed by atoms with van der Waals surface area (Å²) in [6.07, 6.45) is 8.63. The van der Waals surface area contributed by atoms with Gasteiger partial charge in [0.2, 0.25) is 0 Å². The second-order valence-electron chi connectivity index (χ2n) is 3.66. The Hall–Kier alpha value is -0.0400.